The Kier molecular flexibility index (Phi) is 5.26. The standard InChI is InChI=1S/C24H28N2O4/c1-24(2,3)23(29)30-15-14-26-21(27)17-9-7-8-16-19(25-12-5-4-6-13-25)11-10-18(20(16)17)22(26)28/h7-11H,4-6,12-15H2,1-3H3. The van der Waals surface area contributed by atoms with Crippen LogP contribution >= 0.6 is 0 Å². The highest BCUT2D eigenvalue weighted by Crippen LogP contribution is 2.36. The van der Waals surface area contributed by atoms with Crippen LogP contribution in [0.25, 0.3) is 10.8 Å². The van der Waals surface area contributed by atoms with Gasteiger partial charge in [0, 0.05) is 40.7 Å². The molecule has 0 unspecified atom stereocenters. The molecule has 0 N–H and O–H groups in total. The lowest BCUT2D eigenvalue weighted by Crippen LogP contribution is -2.43. The van der Waals surface area contributed by atoms with E-state index in [0.717, 1.165) is 42.4 Å². The summed E-state index contributed by atoms with van der Waals surface area (Å²) >= 11 is 0. The third-order valence-corrected chi connectivity index (χ3v) is 5.83. The smallest absolute Gasteiger partial charge is 0.311 e. The third kappa shape index (κ3) is 3.55. The molecular formula is C24H28N2O4. The quantitative estimate of drug-likeness (QED) is 0.565. The Bertz CT molecular complexity index is 994. The maximum atomic E-state index is 13.1. The number of nitrogens with zero attached hydrogens (tertiary/aromatic N) is 2. The van der Waals surface area contributed by atoms with E-state index in [-0.39, 0.29) is 30.9 Å². The van der Waals surface area contributed by atoms with E-state index in [1.54, 1.807) is 26.8 Å². The van der Waals surface area contributed by atoms with Crippen LogP contribution in [0.4, 0.5) is 5.69 Å². The van der Waals surface area contributed by atoms with Crippen molar-refractivity contribution in [1.82, 2.24) is 4.90 Å². The normalized spacial score (nSPS) is 16.9. The van der Waals surface area contributed by atoms with Crippen LogP contribution in [-0.2, 0) is 9.53 Å². The van der Waals surface area contributed by atoms with Gasteiger partial charge in [0.15, 0.2) is 0 Å². The van der Waals surface area contributed by atoms with Crippen LogP contribution in [0.15, 0.2) is 30.3 Å². The average molecular weight is 408 g/mol. The zero-order chi connectivity index (χ0) is 21.5. The first kappa shape index (κ1) is 20.4. The molecule has 2 aliphatic rings. The molecule has 6 nitrogen and oxygen atoms in total. The molecule has 0 saturated carbocycles. The van der Waals surface area contributed by atoms with Gasteiger partial charge in [-0.1, -0.05) is 12.1 Å². The van der Waals surface area contributed by atoms with Crippen molar-refractivity contribution in [2.45, 2.75) is 40.0 Å². The van der Waals surface area contributed by atoms with Crippen LogP contribution in [-0.4, -0.2) is 48.9 Å². The molecule has 2 aromatic carbocycles. The van der Waals surface area contributed by atoms with Crippen molar-refractivity contribution in [2.75, 3.05) is 31.1 Å². The Labute approximate surface area is 176 Å². The van der Waals surface area contributed by atoms with E-state index < -0.39 is 5.41 Å². The minimum atomic E-state index is -0.626. The largest absolute Gasteiger partial charge is 0.463 e. The molecule has 6 heteroatoms. The zero-order valence-corrected chi connectivity index (χ0v) is 17.9. The highest BCUT2D eigenvalue weighted by molar-refractivity contribution is 6.26. The van der Waals surface area contributed by atoms with Gasteiger partial charge in [-0.25, -0.2) is 0 Å². The molecule has 2 heterocycles. The number of carbonyl (C=O) groups excluding carboxylic acids is 3. The number of rotatable bonds is 4. The van der Waals surface area contributed by atoms with Gasteiger partial charge < -0.3 is 9.64 Å². The summed E-state index contributed by atoms with van der Waals surface area (Å²) in [7, 11) is 0. The number of esters is 1. The maximum absolute atomic E-state index is 13.1. The van der Waals surface area contributed by atoms with Crippen LogP contribution in [0.3, 0.4) is 0 Å². The average Bonchev–Trinajstić information content (AvgIpc) is 2.73. The van der Waals surface area contributed by atoms with Crippen LogP contribution in [0, 0.1) is 5.41 Å². The Morgan fingerprint density at radius 1 is 0.967 bits per heavy atom. The van der Waals surface area contributed by atoms with Crippen molar-refractivity contribution in [1.29, 1.82) is 0 Å². The minimum Gasteiger partial charge on any atom is -0.463 e. The van der Waals surface area contributed by atoms with Gasteiger partial charge >= 0.3 is 5.97 Å². The number of hydrogen-bond donors (Lipinski definition) is 0. The van der Waals surface area contributed by atoms with Gasteiger partial charge in [-0.2, -0.15) is 0 Å². The third-order valence-electron chi connectivity index (χ3n) is 5.83. The molecule has 1 saturated heterocycles. The molecule has 1 fully saturated rings. The molecule has 0 aliphatic carbocycles. The van der Waals surface area contributed by atoms with E-state index in [1.165, 1.54) is 11.3 Å². The number of hydrogen-bond acceptors (Lipinski definition) is 5. The molecule has 158 valence electrons. The SMILES string of the molecule is CC(C)(C)C(=O)OCCN1C(=O)c2cccc3c(N4CCCCC4)ccc(c23)C1=O. The lowest BCUT2D eigenvalue weighted by Gasteiger charge is -2.32. The monoisotopic (exact) mass is 408 g/mol. The van der Waals surface area contributed by atoms with Crippen LogP contribution in [0.2, 0.25) is 0 Å². The van der Waals surface area contributed by atoms with Crippen molar-refractivity contribution < 1.29 is 19.1 Å². The fourth-order valence-electron chi connectivity index (χ4n) is 4.19. The molecule has 0 bridgehead atoms. The van der Waals surface area contributed by atoms with Gasteiger partial charge in [0.05, 0.1) is 12.0 Å². The van der Waals surface area contributed by atoms with Crippen molar-refractivity contribution in [3.63, 3.8) is 0 Å². The van der Waals surface area contributed by atoms with Crippen LogP contribution in [0.5, 0.6) is 0 Å². The Morgan fingerprint density at radius 3 is 2.30 bits per heavy atom. The number of benzene rings is 2. The molecular weight excluding hydrogens is 380 g/mol. The summed E-state index contributed by atoms with van der Waals surface area (Å²) in [6.45, 7) is 7.32. The number of ether oxygens (including phenoxy) is 1. The van der Waals surface area contributed by atoms with E-state index in [4.69, 9.17) is 4.74 Å². The predicted molar refractivity (Wildman–Crippen MR) is 116 cm³/mol. The molecule has 30 heavy (non-hydrogen) atoms. The van der Waals surface area contributed by atoms with E-state index in [1.807, 2.05) is 24.3 Å². The van der Waals surface area contributed by atoms with Crippen molar-refractivity contribution in [3.05, 3.63) is 41.5 Å². The minimum absolute atomic E-state index is 0.00917. The van der Waals surface area contributed by atoms with Gasteiger partial charge in [0.1, 0.15) is 6.61 Å². The Morgan fingerprint density at radius 2 is 1.63 bits per heavy atom. The lowest BCUT2D eigenvalue weighted by atomic mass is 9.92. The molecule has 2 aromatic rings. The predicted octanol–water partition coefficient (Wildman–Crippen LogP) is 4.02. The highest BCUT2D eigenvalue weighted by Gasteiger charge is 2.34. The number of carbonyl (C=O) groups is 3. The summed E-state index contributed by atoms with van der Waals surface area (Å²) in [5.74, 6) is -1.02. The summed E-state index contributed by atoms with van der Waals surface area (Å²) in [6, 6.07) is 9.47. The second-order valence-corrected chi connectivity index (χ2v) is 9.06. The molecule has 2 amide bonds. The van der Waals surface area contributed by atoms with E-state index in [2.05, 4.69) is 4.90 Å². The molecule has 2 aliphatic heterocycles. The van der Waals surface area contributed by atoms with Crippen molar-refractivity contribution in [2.24, 2.45) is 5.41 Å². The van der Waals surface area contributed by atoms with Crippen molar-refractivity contribution >= 4 is 34.2 Å². The summed E-state index contributed by atoms with van der Waals surface area (Å²) in [4.78, 5) is 41.8. The van der Waals surface area contributed by atoms with Crippen LogP contribution < -0.4 is 4.90 Å². The summed E-state index contributed by atoms with van der Waals surface area (Å²) < 4.78 is 5.27. The van der Waals surface area contributed by atoms with E-state index >= 15 is 0 Å². The first-order valence-corrected chi connectivity index (χ1v) is 10.6. The fourth-order valence-corrected chi connectivity index (χ4v) is 4.19. The van der Waals surface area contributed by atoms with Crippen molar-refractivity contribution in [3.8, 4) is 0 Å². The van der Waals surface area contributed by atoms with Gasteiger partial charge in [-0.3, -0.25) is 19.3 Å². The second-order valence-electron chi connectivity index (χ2n) is 9.06. The van der Waals surface area contributed by atoms with Gasteiger partial charge in [-0.05, 0) is 58.2 Å². The first-order chi connectivity index (χ1) is 14.3. The Balaban J connectivity index is 1.63. The molecule has 0 aromatic heterocycles. The second kappa shape index (κ2) is 7.74. The molecule has 0 radical (unpaired) electrons. The molecule has 0 spiro atoms. The summed E-state index contributed by atoms with van der Waals surface area (Å²) in [5.41, 5.74) is 1.52. The topological polar surface area (TPSA) is 66.9 Å². The first-order valence-electron chi connectivity index (χ1n) is 10.6. The fraction of sp³-hybridized carbons (Fsp3) is 0.458. The number of amides is 2. The van der Waals surface area contributed by atoms with Gasteiger partial charge in [0.2, 0.25) is 0 Å². The van der Waals surface area contributed by atoms with E-state index in [0.29, 0.717) is 11.1 Å². The zero-order valence-electron chi connectivity index (χ0n) is 17.9. The molecule has 4 rings (SSSR count). The molecule has 0 atom stereocenters. The number of piperidine rings is 1. The van der Waals surface area contributed by atoms with Crippen LogP contribution in [0.1, 0.15) is 60.7 Å². The maximum Gasteiger partial charge on any atom is 0.311 e. The number of anilines is 1. The summed E-state index contributed by atoms with van der Waals surface area (Å²) in [6.07, 6.45) is 3.55. The number of imide groups is 1. The van der Waals surface area contributed by atoms with Gasteiger partial charge in [0.25, 0.3) is 11.8 Å². The highest BCUT2D eigenvalue weighted by atomic mass is 16.5. The van der Waals surface area contributed by atoms with Gasteiger partial charge in [-0.15, -0.1) is 0 Å². The summed E-state index contributed by atoms with van der Waals surface area (Å²) in [5, 5.41) is 1.69. The Hall–Kier alpha value is -2.89. The lowest BCUT2D eigenvalue weighted by molar-refractivity contribution is -0.153. The van der Waals surface area contributed by atoms with E-state index in [9.17, 15) is 14.4 Å².